The van der Waals surface area contributed by atoms with Crippen molar-refractivity contribution in [1.29, 1.82) is 0 Å². The van der Waals surface area contributed by atoms with Gasteiger partial charge >= 0.3 is 0 Å². The third-order valence-corrected chi connectivity index (χ3v) is 3.97. The van der Waals surface area contributed by atoms with Crippen LogP contribution in [0.5, 0.6) is 0 Å². The van der Waals surface area contributed by atoms with Gasteiger partial charge in [0.15, 0.2) is 0 Å². The molecule has 2 unspecified atom stereocenters. The van der Waals surface area contributed by atoms with E-state index in [0.717, 1.165) is 24.3 Å². The number of aliphatic hydroxyl groups is 1. The van der Waals surface area contributed by atoms with E-state index in [4.69, 9.17) is 10.8 Å². The van der Waals surface area contributed by atoms with Gasteiger partial charge in [-0.05, 0) is 25.3 Å². The standard InChI is InChI=1S/C10H15N3OS/c11-10(6-14)3-1-8(5-10)15-9-2-4-12-7-13-9/h2,4,7-8,14H,1,3,5-6,11H2. The van der Waals surface area contributed by atoms with E-state index in [2.05, 4.69) is 9.97 Å². The minimum atomic E-state index is -0.370. The smallest absolute Gasteiger partial charge is 0.116 e. The lowest BCUT2D eigenvalue weighted by Gasteiger charge is -2.20. The Morgan fingerprint density at radius 2 is 2.53 bits per heavy atom. The number of rotatable bonds is 3. The molecule has 4 nitrogen and oxygen atoms in total. The van der Waals surface area contributed by atoms with Crippen LogP contribution >= 0.6 is 11.8 Å². The molecule has 5 heteroatoms. The Morgan fingerprint density at radius 3 is 3.13 bits per heavy atom. The quantitative estimate of drug-likeness (QED) is 0.745. The lowest BCUT2D eigenvalue weighted by atomic mass is 10.0. The number of thioether (sulfide) groups is 1. The highest BCUT2D eigenvalue weighted by Gasteiger charge is 2.35. The molecule has 1 aliphatic carbocycles. The van der Waals surface area contributed by atoms with E-state index >= 15 is 0 Å². The van der Waals surface area contributed by atoms with Crippen LogP contribution in [0.2, 0.25) is 0 Å². The Morgan fingerprint density at radius 1 is 1.67 bits per heavy atom. The zero-order valence-electron chi connectivity index (χ0n) is 8.47. The minimum absolute atomic E-state index is 0.0772. The summed E-state index contributed by atoms with van der Waals surface area (Å²) in [5.41, 5.74) is 5.64. The number of hydrogen-bond donors (Lipinski definition) is 2. The second-order valence-electron chi connectivity index (χ2n) is 4.05. The summed E-state index contributed by atoms with van der Waals surface area (Å²) in [7, 11) is 0. The highest BCUT2D eigenvalue weighted by Crippen LogP contribution is 2.37. The van der Waals surface area contributed by atoms with Crippen molar-refractivity contribution in [2.75, 3.05) is 6.61 Å². The first-order valence-corrected chi connectivity index (χ1v) is 5.92. The topological polar surface area (TPSA) is 72.0 Å². The van der Waals surface area contributed by atoms with Gasteiger partial charge in [0.05, 0.1) is 11.6 Å². The Labute approximate surface area is 93.3 Å². The summed E-state index contributed by atoms with van der Waals surface area (Å²) in [5.74, 6) is 0. The average Bonchev–Trinajstić information content (AvgIpc) is 2.63. The fourth-order valence-electron chi connectivity index (χ4n) is 1.87. The molecule has 0 aromatic carbocycles. The molecule has 3 N–H and O–H groups in total. The van der Waals surface area contributed by atoms with E-state index in [1.54, 1.807) is 24.3 Å². The molecule has 0 radical (unpaired) electrons. The van der Waals surface area contributed by atoms with Crippen LogP contribution in [0.25, 0.3) is 0 Å². The van der Waals surface area contributed by atoms with Gasteiger partial charge in [0.2, 0.25) is 0 Å². The van der Waals surface area contributed by atoms with E-state index in [9.17, 15) is 0 Å². The van der Waals surface area contributed by atoms with Crippen LogP contribution in [0.1, 0.15) is 19.3 Å². The van der Waals surface area contributed by atoms with Gasteiger partial charge in [-0.15, -0.1) is 11.8 Å². The van der Waals surface area contributed by atoms with Crippen molar-refractivity contribution in [3.05, 3.63) is 18.6 Å². The van der Waals surface area contributed by atoms with Crippen molar-refractivity contribution in [3.8, 4) is 0 Å². The molecule has 1 aliphatic rings. The Hall–Kier alpha value is -0.650. The van der Waals surface area contributed by atoms with Crippen molar-refractivity contribution >= 4 is 11.8 Å². The minimum Gasteiger partial charge on any atom is -0.394 e. The number of aliphatic hydroxyl groups excluding tert-OH is 1. The Kier molecular flexibility index (Phi) is 3.23. The molecule has 1 heterocycles. The maximum absolute atomic E-state index is 9.15. The van der Waals surface area contributed by atoms with Crippen molar-refractivity contribution in [2.45, 2.75) is 35.1 Å². The summed E-state index contributed by atoms with van der Waals surface area (Å²) in [5, 5.41) is 10.6. The molecule has 82 valence electrons. The highest BCUT2D eigenvalue weighted by atomic mass is 32.2. The predicted molar refractivity (Wildman–Crippen MR) is 59.5 cm³/mol. The fraction of sp³-hybridized carbons (Fsp3) is 0.600. The van der Waals surface area contributed by atoms with Crippen molar-refractivity contribution in [3.63, 3.8) is 0 Å². The molecule has 0 aliphatic heterocycles. The van der Waals surface area contributed by atoms with Crippen molar-refractivity contribution < 1.29 is 5.11 Å². The second kappa shape index (κ2) is 4.47. The number of nitrogens with two attached hydrogens (primary N) is 1. The van der Waals surface area contributed by atoms with Crippen LogP contribution in [0.4, 0.5) is 0 Å². The van der Waals surface area contributed by atoms with E-state index in [1.807, 2.05) is 6.07 Å². The van der Waals surface area contributed by atoms with Gasteiger partial charge in [0.1, 0.15) is 6.33 Å². The summed E-state index contributed by atoms with van der Waals surface area (Å²) in [6.07, 6.45) is 6.10. The van der Waals surface area contributed by atoms with Gasteiger partial charge in [0.25, 0.3) is 0 Å². The molecule has 0 amide bonds. The molecular formula is C10H15N3OS. The number of hydrogen-bond acceptors (Lipinski definition) is 5. The zero-order valence-corrected chi connectivity index (χ0v) is 9.28. The van der Waals surface area contributed by atoms with Crippen LogP contribution < -0.4 is 5.73 Å². The molecule has 0 saturated heterocycles. The first-order chi connectivity index (χ1) is 7.22. The molecule has 0 spiro atoms. The van der Waals surface area contributed by atoms with Gasteiger partial charge in [0, 0.05) is 17.0 Å². The third kappa shape index (κ3) is 2.68. The van der Waals surface area contributed by atoms with Crippen molar-refractivity contribution in [2.24, 2.45) is 5.73 Å². The molecule has 0 bridgehead atoms. The average molecular weight is 225 g/mol. The van der Waals surface area contributed by atoms with E-state index in [0.29, 0.717) is 5.25 Å². The Balaban J connectivity index is 1.93. The summed E-state index contributed by atoms with van der Waals surface area (Å²) < 4.78 is 0. The number of aromatic nitrogens is 2. The van der Waals surface area contributed by atoms with E-state index in [1.165, 1.54) is 0 Å². The summed E-state index contributed by atoms with van der Waals surface area (Å²) in [4.78, 5) is 8.04. The van der Waals surface area contributed by atoms with Crippen LogP contribution in [0.15, 0.2) is 23.6 Å². The lowest BCUT2D eigenvalue weighted by Crippen LogP contribution is -2.40. The molecule has 1 saturated carbocycles. The van der Waals surface area contributed by atoms with E-state index in [-0.39, 0.29) is 12.1 Å². The van der Waals surface area contributed by atoms with Gasteiger partial charge in [-0.25, -0.2) is 9.97 Å². The predicted octanol–water partition coefficient (Wildman–Crippen LogP) is 0.811. The lowest BCUT2D eigenvalue weighted by molar-refractivity contribution is 0.200. The molecule has 2 rings (SSSR count). The largest absolute Gasteiger partial charge is 0.394 e. The molecular weight excluding hydrogens is 210 g/mol. The van der Waals surface area contributed by atoms with Crippen LogP contribution in [-0.4, -0.2) is 32.5 Å². The summed E-state index contributed by atoms with van der Waals surface area (Å²) in [6, 6.07) is 1.90. The zero-order chi connectivity index (χ0) is 10.7. The van der Waals surface area contributed by atoms with Gasteiger partial charge in [-0.2, -0.15) is 0 Å². The number of nitrogens with zero attached hydrogens (tertiary/aromatic N) is 2. The van der Waals surface area contributed by atoms with Gasteiger partial charge in [-0.1, -0.05) is 0 Å². The second-order valence-corrected chi connectivity index (χ2v) is 5.37. The maximum Gasteiger partial charge on any atom is 0.116 e. The first kappa shape index (κ1) is 10.9. The summed E-state index contributed by atoms with van der Waals surface area (Å²) in [6.45, 7) is 0.0772. The highest BCUT2D eigenvalue weighted by molar-refractivity contribution is 7.99. The monoisotopic (exact) mass is 225 g/mol. The SMILES string of the molecule is NC1(CO)CCC(Sc2ccncn2)C1. The summed E-state index contributed by atoms with van der Waals surface area (Å²) >= 11 is 1.73. The molecule has 1 aromatic rings. The Bertz CT molecular complexity index is 322. The molecule has 2 atom stereocenters. The van der Waals surface area contributed by atoms with Gasteiger partial charge in [-0.3, -0.25) is 0 Å². The molecule has 1 fully saturated rings. The van der Waals surface area contributed by atoms with Crippen LogP contribution in [-0.2, 0) is 0 Å². The third-order valence-electron chi connectivity index (χ3n) is 2.76. The van der Waals surface area contributed by atoms with Crippen molar-refractivity contribution in [1.82, 2.24) is 9.97 Å². The fourth-order valence-corrected chi connectivity index (χ4v) is 3.11. The first-order valence-electron chi connectivity index (χ1n) is 5.04. The molecule has 15 heavy (non-hydrogen) atoms. The molecule has 1 aromatic heterocycles. The normalized spacial score (nSPS) is 30.7. The maximum atomic E-state index is 9.15. The van der Waals surface area contributed by atoms with Crippen LogP contribution in [0, 0.1) is 0 Å². The van der Waals surface area contributed by atoms with Gasteiger partial charge < -0.3 is 10.8 Å². The van der Waals surface area contributed by atoms with E-state index < -0.39 is 0 Å². The van der Waals surface area contributed by atoms with Crippen LogP contribution in [0.3, 0.4) is 0 Å².